The van der Waals surface area contributed by atoms with E-state index < -0.39 is 5.54 Å². The first-order chi connectivity index (χ1) is 8.10. The van der Waals surface area contributed by atoms with Crippen molar-refractivity contribution in [1.82, 2.24) is 14.9 Å². The third-order valence-electron chi connectivity index (χ3n) is 3.37. The molecule has 1 aromatic rings. The molecule has 1 aliphatic carbocycles. The van der Waals surface area contributed by atoms with Gasteiger partial charge in [-0.3, -0.25) is 4.79 Å². The Hall–Kier alpha value is -1.36. The van der Waals surface area contributed by atoms with Crippen molar-refractivity contribution in [2.75, 3.05) is 0 Å². The maximum absolute atomic E-state index is 12.0. The SMILES string of the molecule is CC(Cn1ccnc1)NC(=O)C1(N)CCCC1. The molecule has 5 heteroatoms. The van der Waals surface area contributed by atoms with E-state index in [1.54, 1.807) is 12.5 Å². The van der Waals surface area contributed by atoms with Gasteiger partial charge in [0, 0.05) is 25.0 Å². The number of nitrogens with two attached hydrogens (primary N) is 1. The first-order valence-electron chi connectivity index (χ1n) is 6.16. The summed E-state index contributed by atoms with van der Waals surface area (Å²) in [5.41, 5.74) is 5.46. The van der Waals surface area contributed by atoms with E-state index in [2.05, 4.69) is 10.3 Å². The highest BCUT2D eigenvalue weighted by Gasteiger charge is 2.37. The Morgan fingerprint density at radius 3 is 2.88 bits per heavy atom. The molecule has 0 spiro atoms. The number of aromatic nitrogens is 2. The summed E-state index contributed by atoms with van der Waals surface area (Å²) in [6.07, 6.45) is 9.08. The van der Waals surface area contributed by atoms with E-state index in [0.29, 0.717) is 0 Å². The van der Waals surface area contributed by atoms with Crippen LogP contribution in [0.15, 0.2) is 18.7 Å². The van der Waals surface area contributed by atoms with Gasteiger partial charge >= 0.3 is 0 Å². The summed E-state index contributed by atoms with van der Waals surface area (Å²) in [7, 11) is 0. The molecule has 1 amide bonds. The van der Waals surface area contributed by atoms with Gasteiger partial charge in [0.25, 0.3) is 0 Å². The van der Waals surface area contributed by atoms with Crippen molar-refractivity contribution in [3.8, 4) is 0 Å². The maximum atomic E-state index is 12.0. The highest BCUT2D eigenvalue weighted by atomic mass is 16.2. The molecule has 1 aliphatic rings. The van der Waals surface area contributed by atoms with Gasteiger partial charge in [0.2, 0.25) is 5.91 Å². The van der Waals surface area contributed by atoms with Gasteiger partial charge in [-0.25, -0.2) is 4.98 Å². The third kappa shape index (κ3) is 2.85. The van der Waals surface area contributed by atoms with Crippen molar-refractivity contribution >= 4 is 5.91 Å². The summed E-state index contributed by atoms with van der Waals surface area (Å²) in [5, 5.41) is 2.99. The lowest BCUT2D eigenvalue weighted by Gasteiger charge is -2.25. The molecular weight excluding hydrogens is 216 g/mol. The summed E-state index contributed by atoms with van der Waals surface area (Å²) in [5.74, 6) is -0.0115. The third-order valence-corrected chi connectivity index (χ3v) is 3.37. The molecule has 1 fully saturated rings. The van der Waals surface area contributed by atoms with Crippen LogP contribution < -0.4 is 11.1 Å². The molecule has 1 aromatic heterocycles. The first kappa shape index (κ1) is 12.1. The van der Waals surface area contributed by atoms with Crippen LogP contribution in [0.5, 0.6) is 0 Å². The normalized spacial score (nSPS) is 20.1. The minimum absolute atomic E-state index is 0.0115. The van der Waals surface area contributed by atoms with Crippen LogP contribution in [0.3, 0.4) is 0 Å². The molecule has 1 unspecified atom stereocenters. The van der Waals surface area contributed by atoms with E-state index in [1.165, 1.54) is 0 Å². The number of carbonyl (C=O) groups is 1. The molecule has 17 heavy (non-hydrogen) atoms. The Balaban J connectivity index is 1.86. The van der Waals surface area contributed by atoms with E-state index >= 15 is 0 Å². The molecule has 0 aliphatic heterocycles. The molecule has 94 valence electrons. The Kier molecular flexibility index (Phi) is 3.47. The average molecular weight is 236 g/mol. The standard InChI is InChI=1S/C12H20N4O/c1-10(8-16-7-6-14-9-16)15-11(17)12(13)4-2-3-5-12/h6-7,9-10H,2-5,8,13H2,1H3,(H,15,17). The van der Waals surface area contributed by atoms with Crippen LogP contribution in [0.1, 0.15) is 32.6 Å². The minimum atomic E-state index is -0.636. The number of hydrogen-bond donors (Lipinski definition) is 2. The fourth-order valence-corrected chi connectivity index (χ4v) is 2.36. The van der Waals surface area contributed by atoms with Crippen LogP contribution in [0.25, 0.3) is 0 Å². The number of carbonyl (C=O) groups excluding carboxylic acids is 1. The minimum Gasteiger partial charge on any atom is -0.350 e. The zero-order valence-corrected chi connectivity index (χ0v) is 10.2. The highest BCUT2D eigenvalue weighted by Crippen LogP contribution is 2.27. The molecule has 1 atom stereocenters. The van der Waals surface area contributed by atoms with Gasteiger partial charge in [0.15, 0.2) is 0 Å². The summed E-state index contributed by atoms with van der Waals surface area (Å²) in [6.45, 7) is 2.71. The molecular formula is C12H20N4O. The molecule has 3 N–H and O–H groups in total. The second kappa shape index (κ2) is 4.87. The van der Waals surface area contributed by atoms with Crippen LogP contribution in [-0.2, 0) is 11.3 Å². The topological polar surface area (TPSA) is 72.9 Å². The molecule has 0 aromatic carbocycles. The van der Waals surface area contributed by atoms with E-state index in [-0.39, 0.29) is 11.9 Å². The Labute approximate surface area is 101 Å². The monoisotopic (exact) mass is 236 g/mol. The highest BCUT2D eigenvalue weighted by molar-refractivity contribution is 5.86. The lowest BCUT2D eigenvalue weighted by Crippen LogP contribution is -2.54. The van der Waals surface area contributed by atoms with Crippen LogP contribution in [0.2, 0.25) is 0 Å². The Morgan fingerprint density at radius 2 is 2.29 bits per heavy atom. The fourth-order valence-electron chi connectivity index (χ4n) is 2.36. The molecule has 0 saturated heterocycles. The molecule has 1 heterocycles. The second-order valence-electron chi connectivity index (χ2n) is 5.00. The Morgan fingerprint density at radius 1 is 1.59 bits per heavy atom. The predicted molar refractivity (Wildman–Crippen MR) is 65.2 cm³/mol. The first-order valence-corrected chi connectivity index (χ1v) is 6.16. The van der Waals surface area contributed by atoms with Crippen molar-refractivity contribution in [1.29, 1.82) is 0 Å². The van der Waals surface area contributed by atoms with E-state index in [0.717, 1.165) is 32.2 Å². The summed E-state index contributed by atoms with van der Waals surface area (Å²) < 4.78 is 1.95. The predicted octanol–water partition coefficient (Wildman–Crippen LogP) is 0.659. The van der Waals surface area contributed by atoms with Crippen molar-refractivity contribution in [3.63, 3.8) is 0 Å². The zero-order valence-electron chi connectivity index (χ0n) is 10.2. The van der Waals surface area contributed by atoms with Gasteiger partial charge in [-0.1, -0.05) is 12.8 Å². The van der Waals surface area contributed by atoms with Gasteiger partial charge in [0.1, 0.15) is 0 Å². The van der Waals surface area contributed by atoms with Crippen molar-refractivity contribution in [2.24, 2.45) is 5.73 Å². The van der Waals surface area contributed by atoms with Gasteiger partial charge < -0.3 is 15.6 Å². The second-order valence-corrected chi connectivity index (χ2v) is 5.00. The van der Waals surface area contributed by atoms with Crippen LogP contribution in [-0.4, -0.2) is 27.0 Å². The Bertz CT molecular complexity index is 368. The maximum Gasteiger partial charge on any atom is 0.240 e. The largest absolute Gasteiger partial charge is 0.350 e. The van der Waals surface area contributed by atoms with Crippen LogP contribution in [0.4, 0.5) is 0 Å². The lowest BCUT2D eigenvalue weighted by atomic mass is 9.98. The number of amides is 1. The zero-order chi connectivity index (χ0) is 12.3. The lowest BCUT2D eigenvalue weighted by molar-refractivity contribution is -0.126. The number of hydrogen-bond acceptors (Lipinski definition) is 3. The quantitative estimate of drug-likeness (QED) is 0.806. The van der Waals surface area contributed by atoms with E-state index in [9.17, 15) is 4.79 Å². The van der Waals surface area contributed by atoms with Gasteiger partial charge in [0.05, 0.1) is 11.9 Å². The smallest absolute Gasteiger partial charge is 0.240 e. The van der Waals surface area contributed by atoms with Crippen LogP contribution >= 0.6 is 0 Å². The fraction of sp³-hybridized carbons (Fsp3) is 0.667. The summed E-state index contributed by atoms with van der Waals surface area (Å²) in [4.78, 5) is 16.0. The van der Waals surface area contributed by atoms with E-state index in [1.807, 2.05) is 17.7 Å². The number of nitrogens with one attached hydrogen (secondary N) is 1. The van der Waals surface area contributed by atoms with Gasteiger partial charge in [-0.05, 0) is 19.8 Å². The van der Waals surface area contributed by atoms with Crippen molar-refractivity contribution in [2.45, 2.75) is 50.7 Å². The molecule has 0 bridgehead atoms. The number of imidazole rings is 1. The molecule has 5 nitrogen and oxygen atoms in total. The van der Waals surface area contributed by atoms with Crippen molar-refractivity contribution in [3.05, 3.63) is 18.7 Å². The number of nitrogens with zero attached hydrogens (tertiary/aromatic N) is 2. The molecule has 0 radical (unpaired) electrons. The average Bonchev–Trinajstić information content (AvgIpc) is 2.90. The molecule has 2 rings (SSSR count). The van der Waals surface area contributed by atoms with Gasteiger partial charge in [-0.15, -0.1) is 0 Å². The number of rotatable bonds is 4. The van der Waals surface area contributed by atoms with Gasteiger partial charge in [-0.2, -0.15) is 0 Å². The van der Waals surface area contributed by atoms with Crippen LogP contribution in [0, 0.1) is 0 Å². The van der Waals surface area contributed by atoms with E-state index in [4.69, 9.17) is 5.73 Å². The summed E-state index contributed by atoms with van der Waals surface area (Å²) >= 11 is 0. The molecule has 1 saturated carbocycles. The summed E-state index contributed by atoms with van der Waals surface area (Å²) in [6, 6.07) is 0.0673. The van der Waals surface area contributed by atoms with Crippen molar-refractivity contribution < 1.29 is 4.79 Å².